The maximum atomic E-state index is 12.2. The molecule has 4 nitrogen and oxygen atoms in total. The maximum absolute atomic E-state index is 12.2. The molecule has 1 aromatic heterocycles. The number of rotatable bonds is 5. The van der Waals surface area contributed by atoms with Crippen molar-refractivity contribution in [3.63, 3.8) is 0 Å². The van der Waals surface area contributed by atoms with Gasteiger partial charge >= 0.3 is 0 Å². The molecule has 0 saturated carbocycles. The van der Waals surface area contributed by atoms with Gasteiger partial charge in [-0.3, -0.25) is 4.79 Å². The zero-order chi connectivity index (χ0) is 16.9. The number of oxazole rings is 1. The molecule has 0 bridgehead atoms. The minimum absolute atomic E-state index is 0.0863. The Morgan fingerprint density at radius 3 is 2.54 bits per heavy atom. The van der Waals surface area contributed by atoms with Crippen molar-refractivity contribution < 1.29 is 9.21 Å². The van der Waals surface area contributed by atoms with E-state index in [1.807, 2.05) is 24.3 Å². The van der Waals surface area contributed by atoms with Crippen LogP contribution >= 0.6 is 0 Å². The Labute approximate surface area is 141 Å². The quantitative estimate of drug-likeness (QED) is 0.666. The number of carbonyl (C=O) groups excluding carboxylic acids is 1. The second kappa shape index (κ2) is 7.13. The van der Waals surface area contributed by atoms with Gasteiger partial charge in [-0.25, -0.2) is 4.98 Å². The van der Waals surface area contributed by atoms with Gasteiger partial charge in [-0.1, -0.05) is 43.3 Å². The molecular weight excluding hydrogens is 300 g/mol. The van der Waals surface area contributed by atoms with Gasteiger partial charge in [-0.15, -0.1) is 0 Å². The molecule has 0 unspecified atom stereocenters. The molecule has 1 amide bonds. The van der Waals surface area contributed by atoms with E-state index >= 15 is 0 Å². The van der Waals surface area contributed by atoms with Gasteiger partial charge in [0.2, 0.25) is 11.8 Å². The van der Waals surface area contributed by atoms with Crippen LogP contribution in [0.2, 0.25) is 0 Å². The molecule has 0 aliphatic heterocycles. The minimum atomic E-state index is -0.0863. The molecule has 0 atom stereocenters. The van der Waals surface area contributed by atoms with Crippen LogP contribution in [0.4, 0.5) is 0 Å². The van der Waals surface area contributed by atoms with Crippen molar-refractivity contribution in [2.45, 2.75) is 19.9 Å². The SMILES string of the molecule is CCc1ccc(CN(C)C(=O)/C=C/c2nc3ccccc3o2)cc1. The van der Waals surface area contributed by atoms with Gasteiger partial charge in [-0.05, 0) is 29.7 Å². The number of hydrogen-bond donors (Lipinski definition) is 0. The number of amides is 1. The number of aromatic nitrogens is 1. The highest BCUT2D eigenvalue weighted by atomic mass is 16.3. The van der Waals surface area contributed by atoms with Gasteiger partial charge in [0.25, 0.3) is 0 Å². The highest BCUT2D eigenvalue weighted by Crippen LogP contribution is 2.15. The van der Waals surface area contributed by atoms with Gasteiger partial charge in [0.1, 0.15) is 5.52 Å². The smallest absolute Gasteiger partial charge is 0.246 e. The van der Waals surface area contributed by atoms with E-state index in [-0.39, 0.29) is 5.91 Å². The van der Waals surface area contributed by atoms with Crippen LogP contribution < -0.4 is 0 Å². The van der Waals surface area contributed by atoms with Gasteiger partial charge in [0.15, 0.2) is 5.58 Å². The predicted octanol–water partition coefficient (Wildman–Crippen LogP) is 4.06. The Morgan fingerprint density at radius 1 is 1.12 bits per heavy atom. The standard InChI is InChI=1S/C20H20N2O2/c1-3-15-8-10-16(11-9-15)14-22(2)20(23)13-12-19-21-17-6-4-5-7-18(17)24-19/h4-13H,3,14H2,1-2H3/b13-12+. The van der Waals surface area contributed by atoms with Crippen LogP contribution in [0, 0.1) is 0 Å². The number of benzene rings is 2. The Morgan fingerprint density at radius 2 is 1.83 bits per heavy atom. The molecule has 0 radical (unpaired) electrons. The van der Waals surface area contributed by atoms with E-state index in [4.69, 9.17) is 4.42 Å². The monoisotopic (exact) mass is 320 g/mol. The lowest BCUT2D eigenvalue weighted by molar-refractivity contribution is -0.125. The largest absolute Gasteiger partial charge is 0.437 e. The average molecular weight is 320 g/mol. The van der Waals surface area contributed by atoms with Gasteiger partial charge in [0.05, 0.1) is 0 Å². The highest BCUT2D eigenvalue weighted by Gasteiger charge is 2.07. The van der Waals surface area contributed by atoms with Crippen LogP contribution in [0.3, 0.4) is 0 Å². The molecule has 0 fully saturated rings. The molecule has 0 aliphatic carbocycles. The summed E-state index contributed by atoms with van der Waals surface area (Å²) in [4.78, 5) is 18.2. The van der Waals surface area contributed by atoms with E-state index in [9.17, 15) is 4.79 Å². The van der Waals surface area contributed by atoms with Crippen LogP contribution in [0.1, 0.15) is 23.9 Å². The fraction of sp³-hybridized carbons (Fsp3) is 0.200. The second-order valence-corrected chi connectivity index (χ2v) is 5.72. The lowest BCUT2D eigenvalue weighted by Gasteiger charge is -2.15. The van der Waals surface area contributed by atoms with E-state index in [0.717, 1.165) is 17.5 Å². The second-order valence-electron chi connectivity index (χ2n) is 5.72. The molecule has 0 saturated heterocycles. The lowest BCUT2D eigenvalue weighted by Crippen LogP contribution is -2.24. The van der Waals surface area contributed by atoms with Crippen LogP contribution in [0.15, 0.2) is 59.0 Å². The van der Waals surface area contributed by atoms with Crippen LogP contribution in [0.5, 0.6) is 0 Å². The van der Waals surface area contributed by atoms with Crippen LogP contribution in [-0.2, 0) is 17.8 Å². The molecule has 0 N–H and O–H groups in total. The molecule has 0 aliphatic rings. The molecule has 0 spiro atoms. The third kappa shape index (κ3) is 3.71. The van der Waals surface area contributed by atoms with Gasteiger partial charge in [-0.2, -0.15) is 0 Å². The molecule has 2 aromatic carbocycles. The van der Waals surface area contributed by atoms with Crippen molar-refractivity contribution >= 4 is 23.1 Å². The van der Waals surface area contributed by atoms with Crippen molar-refractivity contribution in [2.24, 2.45) is 0 Å². The van der Waals surface area contributed by atoms with Crippen molar-refractivity contribution in [2.75, 3.05) is 7.05 Å². The van der Waals surface area contributed by atoms with Crippen LogP contribution in [-0.4, -0.2) is 22.8 Å². The van der Waals surface area contributed by atoms with Gasteiger partial charge in [0, 0.05) is 25.7 Å². The molecule has 122 valence electrons. The summed E-state index contributed by atoms with van der Waals surface area (Å²) in [7, 11) is 1.78. The van der Waals surface area contributed by atoms with Crippen molar-refractivity contribution in [1.82, 2.24) is 9.88 Å². The maximum Gasteiger partial charge on any atom is 0.246 e. The summed E-state index contributed by atoms with van der Waals surface area (Å²) in [5.74, 6) is 0.349. The highest BCUT2D eigenvalue weighted by molar-refractivity contribution is 5.91. The number of nitrogens with zero attached hydrogens (tertiary/aromatic N) is 2. The minimum Gasteiger partial charge on any atom is -0.437 e. The summed E-state index contributed by atoms with van der Waals surface area (Å²) < 4.78 is 5.57. The van der Waals surface area contributed by atoms with Crippen LogP contribution in [0.25, 0.3) is 17.2 Å². The van der Waals surface area contributed by atoms with E-state index in [1.54, 1.807) is 18.0 Å². The lowest BCUT2D eigenvalue weighted by atomic mass is 10.1. The fourth-order valence-corrected chi connectivity index (χ4v) is 2.46. The third-order valence-corrected chi connectivity index (χ3v) is 3.91. The van der Waals surface area contributed by atoms with E-state index in [2.05, 4.69) is 36.2 Å². The Balaban J connectivity index is 1.64. The number of fused-ring (bicyclic) bond motifs is 1. The molecule has 24 heavy (non-hydrogen) atoms. The Bertz CT molecular complexity index is 830. The number of carbonyl (C=O) groups is 1. The molecular formula is C20H20N2O2. The average Bonchev–Trinajstić information content (AvgIpc) is 3.03. The molecule has 4 heteroatoms. The summed E-state index contributed by atoms with van der Waals surface area (Å²) in [5, 5.41) is 0. The number of para-hydroxylation sites is 2. The Kier molecular flexibility index (Phi) is 4.75. The zero-order valence-electron chi connectivity index (χ0n) is 13.9. The van der Waals surface area contributed by atoms with E-state index < -0.39 is 0 Å². The summed E-state index contributed by atoms with van der Waals surface area (Å²) in [5.41, 5.74) is 3.91. The zero-order valence-corrected chi connectivity index (χ0v) is 13.9. The number of aryl methyl sites for hydroxylation is 1. The fourth-order valence-electron chi connectivity index (χ4n) is 2.46. The van der Waals surface area contributed by atoms with E-state index in [0.29, 0.717) is 18.0 Å². The van der Waals surface area contributed by atoms with Gasteiger partial charge < -0.3 is 9.32 Å². The van der Waals surface area contributed by atoms with Crippen molar-refractivity contribution in [3.05, 3.63) is 71.6 Å². The first kappa shape index (κ1) is 16.0. The first-order valence-corrected chi connectivity index (χ1v) is 8.02. The van der Waals surface area contributed by atoms with E-state index in [1.165, 1.54) is 11.6 Å². The first-order valence-electron chi connectivity index (χ1n) is 8.02. The summed E-state index contributed by atoms with van der Waals surface area (Å²) >= 11 is 0. The summed E-state index contributed by atoms with van der Waals surface area (Å²) in [6.07, 6.45) is 4.12. The van der Waals surface area contributed by atoms with Crippen molar-refractivity contribution in [1.29, 1.82) is 0 Å². The predicted molar refractivity (Wildman–Crippen MR) is 95.3 cm³/mol. The normalized spacial score (nSPS) is 11.2. The number of likely N-dealkylation sites (N-methyl/N-ethyl adjacent to an activating group) is 1. The van der Waals surface area contributed by atoms with Crippen molar-refractivity contribution in [3.8, 4) is 0 Å². The molecule has 3 aromatic rings. The molecule has 1 heterocycles. The molecule has 3 rings (SSSR count). The third-order valence-electron chi connectivity index (χ3n) is 3.91. The summed E-state index contributed by atoms with van der Waals surface area (Å²) in [6.45, 7) is 2.70. The first-order chi connectivity index (χ1) is 11.7. The Hall–Kier alpha value is -2.88. The summed E-state index contributed by atoms with van der Waals surface area (Å²) in [6, 6.07) is 15.9. The number of hydrogen-bond acceptors (Lipinski definition) is 3. The topological polar surface area (TPSA) is 46.3 Å².